The molecular formula is C13H17NO2. The Hall–Kier alpha value is -1.35. The second-order valence-electron chi connectivity index (χ2n) is 4.49. The molecule has 1 aromatic rings. The summed E-state index contributed by atoms with van der Waals surface area (Å²) >= 11 is 0. The van der Waals surface area contributed by atoms with Gasteiger partial charge in [-0.3, -0.25) is 4.79 Å². The number of hydrogen-bond donors (Lipinski definition) is 1. The molecule has 0 aromatic heterocycles. The van der Waals surface area contributed by atoms with E-state index in [-0.39, 0.29) is 11.2 Å². The number of rotatable bonds is 4. The highest BCUT2D eigenvalue weighted by Crippen LogP contribution is 2.47. The first-order valence-electron chi connectivity index (χ1n) is 5.52. The van der Waals surface area contributed by atoms with Gasteiger partial charge in [0.2, 0.25) is 0 Å². The minimum Gasteiger partial charge on any atom is -0.497 e. The zero-order chi connectivity index (χ0) is 11.8. The summed E-state index contributed by atoms with van der Waals surface area (Å²) in [5.74, 6) is 0.974. The minimum absolute atomic E-state index is 0.190. The third kappa shape index (κ3) is 1.71. The normalized spacial score (nSPS) is 16.9. The Kier molecular flexibility index (Phi) is 2.72. The van der Waals surface area contributed by atoms with E-state index in [4.69, 9.17) is 10.5 Å². The summed E-state index contributed by atoms with van der Waals surface area (Å²) in [4.78, 5) is 12.3. The van der Waals surface area contributed by atoms with Crippen molar-refractivity contribution in [3.63, 3.8) is 0 Å². The first-order chi connectivity index (χ1) is 7.63. The number of ketones is 1. The van der Waals surface area contributed by atoms with Gasteiger partial charge in [-0.2, -0.15) is 0 Å². The van der Waals surface area contributed by atoms with Gasteiger partial charge < -0.3 is 10.5 Å². The van der Waals surface area contributed by atoms with E-state index < -0.39 is 0 Å². The Morgan fingerprint density at radius 2 is 2.19 bits per heavy atom. The topological polar surface area (TPSA) is 52.3 Å². The van der Waals surface area contributed by atoms with Gasteiger partial charge in [-0.15, -0.1) is 0 Å². The van der Waals surface area contributed by atoms with Crippen LogP contribution in [0, 0.1) is 12.3 Å². The lowest BCUT2D eigenvalue weighted by Crippen LogP contribution is -2.25. The van der Waals surface area contributed by atoms with Crippen LogP contribution >= 0.6 is 0 Å². The Labute approximate surface area is 95.6 Å². The van der Waals surface area contributed by atoms with Crippen molar-refractivity contribution in [3.8, 4) is 5.75 Å². The number of Topliss-reactive ketones (excluding diaryl/α,β-unsaturated/α-hetero) is 1. The van der Waals surface area contributed by atoms with Gasteiger partial charge in [0.05, 0.1) is 7.11 Å². The van der Waals surface area contributed by atoms with Gasteiger partial charge >= 0.3 is 0 Å². The van der Waals surface area contributed by atoms with E-state index in [0.717, 1.165) is 29.7 Å². The summed E-state index contributed by atoms with van der Waals surface area (Å²) in [5.41, 5.74) is 7.15. The number of aryl methyl sites for hydroxylation is 1. The van der Waals surface area contributed by atoms with Crippen LogP contribution in [0.25, 0.3) is 0 Å². The minimum atomic E-state index is -0.265. The van der Waals surface area contributed by atoms with Crippen LogP contribution in [-0.4, -0.2) is 19.4 Å². The quantitative estimate of drug-likeness (QED) is 0.787. The molecule has 0 heterocycles. The molecule has 3 nitrogen and oxygen atoms in total. The lowest BCUT2D eigenvalue weighted by Gasteiger charge is -2.13. The van der Waals surface area contributed by atoms with Gasteiger partial charge in [0.15, 0.2) is 5.78 Å². The van der Waals surface area contributed by atoms with E-state index in [2.05, 4.69) is 0 Å². The zero-order valence-electron chi connectivity index (χ0n) is 9.75. The number of benzene rings is 1. The van der Waals surface area contributed by atoms with Crippen molar-refractivity contribution in [3.05, 3.63) is 29.3 Å². The van der Waals surface area contributed by atoms with Crippen LogP contribution in [-0.2, 0) is 0 Å². The third-order valence-electron chi connectivity index (χ3n) is 3.40. The molecule has 0 bridgehead atoms. The SMILES string of the molecule is COc1ccc(C(=O)C2(CN)CC2)c(C)c1. The summed E-state index contributed by atoms with van der Waals surface area (Å²) in [5, 5.41) is 0. The highest BCUT2D eigenvalue weighted by molar-refractivity contribution is 6.03. The van der Waals surface area contributed by atoms with Crippen molar-refractivity contribution in [1.29, 1.82) is 0 Å². The lowest BCUT2D eigenvalue weighted by molar-refractivity contribution is 0.0905. The van der Waals surface area contributed by atoms with Crippen molar-refractivity contribution >= 4 is 5.78 Å². The molecule has 1 aliphatic carbocycles. The van der Waals surface area contributed by atoms with Crippen molar-refractivity contribution in [2.45, 2.75) is 19.8 Å². The maximum absolute atomic E-state index is 12.3. The van der Waals surface area contributed by atoms with Crippen molar-refractivity contribution in [1.82, 2.24) is 0 Å². The molecule has 0 unspecified atom stereocenters. The van der Waals surface area contributed by atoms with Crippen LogP contribution in [0.5, 0.6) is 5.75 Å². The molecule has 1 fully saturated rings. The van der Waals surface area contributed by atoms with Gasteiger partial charge in [-0.1, -0.05) is 0 Å². The molecule has 0 saturated heterocycles. The molecule has 0 spiro atoms. The summed E-state index contributed by atoms with van der Waals surface area (Å²) in [6.45, 7) is 2.39. The molecule has 0 amide bonds. The molecule has 1 aliphatic rings. The standard InChI is InChI=1S/C13H17NO2/c1-9-7-10(16-2)3-4-11(9)12(15)13(8-14)5-6-13/h3-4,7H,5-6,8,14H2,1-2H3. The molecular weight excluding hydrogens is 202 g/mol. The maximum Gasteiger partial charge on any atom is 0.170 e. The highest BCUT2D eigenvalue weighted by atomic mass is 16.5. The Morgan fingerprint density at radius 1 is 1.50 bits per heavy atom. The first kappa shape index (κ1) is 11.1. The van der Waals surface area contributed by atoms with Gasteiger partial charge in [0, 0.05) is 17.5 Å². The summed E-state index contributed by atoms with van der Waals surface area (Å²) in [6.07, 6.45) is 1.85. The number of hydrogen-bond acceptors (Lipinski definition) is 3. The maximum atomic E-state index is 12.3. The number of nitrogens with two attached hydrogens (primary N) is 1. The molecule has 1 saturated carbocycles. The third-order valence-corrected chi connectivity index (χ3v) is 3.40. The zero-order valence-corrected chi connectivity index (χ0v) is 9.75. The van der Waals surface area contributed by atoms with E-state index in [1.807, 2.05) is 25.1 Å². The van der Waals surface area contributed by atoms with Gasteiger partial charge in [-0.05, 0) is 43.5 Å². The van der Waals surface area contributed by atoms with Crippen LogP contribution in [0.15, 0.2) is 18.2 Å². The van der Waals surface area contributed by atoms with E-state index >= 15 is 0 Å². The van der Waals surface area contributed by atoms with Gasteiger partial charge in [0.1, 0.15) is 5.75 Å². The fourth-order valence-electron chi connectivity index (χ4n) is 1.98. The van der Waals surface area contributed by atoms with Crippen LogP contribution in [0.3, 0.4) is 0 Å². The number of ether oxygens (including phenoxy) is 1. The fourth-order valence-corrected chi connectivity index (χ4v) is 1.98. The van der Waals surface area contributed by atoms with E-state index in [0.29, 0.717) is 6.54 Å². The molecule has 16 heavy (non-hydrogen) atoms. The molecule has 1 aromatic carbocycles. The van der Waals surface area contributed by atoms with E-state index in [9.17, 15) is 4.79 Å². The molecule has 2 N–H and O–H groups in total. The average molecular weight is 219 g/mol. The second kappa shape index (κ2) is 3.91. The molecule has 0 aliphatic heterocycles. The first-order valence-corrected chi connectivity index (χ1v) is 5.52. The van der Waals surface area contributed by atoms with Gasteiger partial charge in [0.25, 0.3) is 0 Å². The largest absolute Gasteiger partial charge is 0.497 e. The van der Waals surface area contributed by atoms with Crippen molar-refractivity contribution in [2.24, 2.45) is 11.1 Å². The predicted molar refractivity (Wildman–Crippen MR) is 62.8 cm³/mol. The second-order valence-corrected chi connectivity index (χ2v) is 4.49. The monoisotopic (exact) mass is 219 g/mol. The van der Waals surface area contributed by atoms with Gasteiger partial charge in [-0.25, -0.2) is 0 Å². The molecule has 3 heteroatoms. The van der Waals surface area contributed by atoms with Crippen LogP contribution in [0.4, 0.5) is 0 Å². The number of carbonyl (C=O) groups is 1. The highest BCUT2D eigenvalue weighted by Gasteiger charge is 2.48. The van der Waals surface area contributed by atoms with E-state index in [1.165, 1.54) is 0 Å². The number of methoxy groups -OCH3 is 1. The molecule has 2 rings (SSSR count). The van der Waals surface area contributed by atoms with Crippen LogP contribution < -0.4 is 10.5 Å². The smallest absolute Gasteiger partial charge is 0.170 e. The van der Waals surface area contributed by atoms with E-state index in [1.54, 1.807) is 7.11 Å². The fraction of sp³-hybridized carbons (Fsp3) is 0.462. The Bertz CT molecular complexity index is 422. The molecule has 0 atom stereocenters. The summed E-state index contributed by atoms with van der Waals surface area (Å²) < 4.78 is 5.12. The Morgan fingerprint density at radius 3 is 2.62 bits per heavy atom. The molecule has 0 radical (unpaired) electrons. The summed E-state index contributed by atoms with van der Waals surface area (Å²) in [6, 6.07) is 5.55. The Balaban J connectivity index is 2.31. The van der Waals surface area contributed by atoms with Crippen molar-refractivity contribution in [2.75, 3.05) is 13.7 Å². The van der Waals surface area contributed by atoms with Crippen LogP contribution in [0.1, 0.15) is 28.8 Å². The lowest BCUT2D eigenvalue weighted by atomic mass is 9.92. The average Bonchev–Trinajstić information content (AvgIpc) is 3.09. The predicted octanol–water partition coefficient (Wildman–Crippen LogP) is 1.93. The van der Waals surface area contributed by atoms with Crippen LogP contribution in [0.2, 0.25) is 0 Å². The van der Waals surface area contributed by atoms with Crippen molar-refractivity contribution < 1.29 is 9.53 Å². The molecule has 86 valence electrons. The summed E-state index contributed by atoms with van der Waals surface area (Å²) in [7, 11) is 1.62. The number of carbonyl (C=O) groups excluding carboxylic acids is 1.